The summed E-state index contributed by atoms with van der Waals surface area (Å²) in [6.07, 6.45) is 0.873. The standard InChI is InChI=1S/C17H18ClNO3S/c1-4-14-11(3)7-15(23-14)17(21)22-9-16(20)19-13-8-12(18)6-5-10(13)2/h5-8H,4,9H2,1-3H3,(H,19,20). The first-order chi connectivity index (χ1) is 10.9. The van der Waals surface area contributed by atoms with E-state index in [4.69, 9.17) is 16.3 Å². The summed E-state index contributed by atoms with van der Waals surface area (Å²) in [5.41, 5.74) is 2.57. The average molecular weight is 352 g/mol. The predicted molar refractivity (Wildman–Crippen MR) is 93.5 cm³/mol. The van der Waals surface area contributed by atoms with Crippen LogP contribution in [0.5, 0.6) is 0 Å². The number of amides is 1. The molecule has 122 valence electrons. The van der Waals surface area contributed by atoms with Gasteiger partial charge in [-0.2, -0.15) is 0 Å². The fourth-order valence-corrected chi connectivity index (χ4v) is 3.27. The Kier molecular flexibility index (Phi) is 5.80. The van der Waals surface area contributed by atoms with Gasteiger partial charge in [0.05, 0.1) is 0 Å². The van der Waals surface area contributed by atoms with E-state index in [1.54, 1.807) is 18.2 Å². The van der Waals surface area contributed by atoms with Crippen LogP contribution in [0.3, 0.4) is 0 Å². The fourth-order valence-electron chi connectivity index (χ4n) is 2.09. The highest BCUT2D eigenvalue weighted by atomic mass is 35.5. The summed E-state index contributed by atoms with van der Waals surface area (Å²) in [6, 6.07) is 7.01. The van der Waals surface area contributed by atoms with Crippen molar-refractivity contribution in [3.05, 3.63) is 50.2 Å². The molecule has 2 aromatic rings. The highest BCUT2D eigenvalue weighted by molar-refractivity contribution is 7.14. The number of carbonyl (C=O) groups is 2. The van der Waals surface area contributed by atoms with Gasteiger partial charge in [0.1, 0.15) is 4.88 Å². The van der Waals surface area contributed by atoms with Crippen molar-refractivity contribution in [2.75, 3.05) is 11.9 Å². The van der Waals surface area contributed by atoms with Crippen LogP contribution in [0, 0.1) is 13.8 Å². The van der Waals surface area contributed by atoms with Gasteiger partial charge >= 0.3 is 5.97 Å². The number of carbonyl (C=O) groups excluding carboxylic acids is 2. The van der Waals surface area contributed by atoms with Gasteiger partial charge in [0.25, 0.3) is 5.91 Å². The van der Waals surface area contributed by atoms with Crippen molar-refractivity contribution in [2.24, 2.45) is 0 Å². The number of aryl methyl sites for hydroxylation is 3. The number of hydrogen-bond acceptors (Lipinski definition) is 4. The van der Waals surface area contributed by atoms with E-state index in [0.29, 0.717) is 15.6 Å². The maximum absolute atomic E-state index is 12.0. The Morgan fingerprint density at radius 3 is 2.61 bits per heavy atom. The molecule has 23 heavy (non-hydrogen) atoms. The molecule has 1 aromatic heterocycles. The Morgan fingerprint density at radius 1 is 1.22 bits per heavy atom. The second kappa shape index (κ2) is 7.62. The normalized spacial score (nSPS) is 10.4. The molecule has 0 saturated heterocycles. The Balaban J connectivity index is 1.93. The summed E-state index contributed by atoms with van der Waals surface area (Å²) in [4.78, 5) is 25.6. The molecular weight excluding hydrogens is 334 g/mol. The molecule has 0 fully saturated rings. The van der Waals surface area contributed by atoms with E-state index in [1.807, 2.05) is 26.8 Å². The maximum Gasteiger partial charge on any atom is 0.348 e. The first-order valence-electron chi connectivity index (χ1n) is 7.23. The number of esters is 1. The summed E-state index contributed by atoms with van der Waals surface area (Å²) in [6.45, 7) is 5.53. The number of nitrogens with one attached hydrogen (secondary N) is 1. The number of ether oxygens (including phenoxy) is 1. The van der Waals surface area contributed by atoms with Crippen molar-refractivity contribution in [1.29, 1.82) is 0 Å². The Bertz CT molecular complexity index is 739. The SMILES string of the molecule is CCc1sc(C(=O)OCC(=O)Nc2cc(Cl)ccc2C)cc1C. The molecule has 0 aliphatic heterocycles. The minimum Gasteiger partial charge on any atom is -0.451 e. The molecule has 2 rings (SSSR count). The summed E-state index contributed by atoms with van der Waals surface area (Å²) < 4.78 is 5.07. The lowest BCUT2D eigenvalue weighted by Gasteiger charge is -2.09. The van der Waals surface area contributed by atoms with Crippen molar-refractivity contribution >= 4 is 40.5 Å². The van der Waals surface area contributed by atoms with Crippen LogP contribution in [0.1, 0.15) is 32.6 Å². The third-order valence-electron chi connectivity index (χ3n) is 3.35. The number of thiophene rings is 1. The summed E-state index contributed by atoms with van der Waals surface area (Å²) in [7, 11) is 0. The largest absolute Gasteiger partial charge is 0.451 e. The van der Waals surface area contributed by atoms with Crippen LogP contribution in [0.15, 0.2) is 24.3 Å². The number of rotatable bonds is 5. The Morgan fingerprint density at radius 2 is 1.96 bits per heavy atom. The van der Waals surface area contributed by atoms with Gasteiger partial charge < -0.3 is 10.1 Å². The first-order valence-corrected chi connectivity index (χ1v) is 8.42. The van der Waals surface area contributed by atoms with Gasteiger partial charge in [-0.25, -0.2) is 4.79 Å². The molecule has 0 atom stereocenters. The topological polar surface area (TPSA) is 55.4 Å². The van der Waals surface area contributed by atoms with Gasteiger partial charge in [0.15, 0.2) is 6.61 Å². The predicted octanol–water partition coefficient (Wildman–Crippen LogP) is 4.38. The molecule has 1 heterocycles. The highest BCUT2D eigenvalue weighted by Gasteiger charge is 2.15. The minimum atomic E-state index is -0.476. The molecular formula is C17H18ClNO3S. The second-order valence-corrected chi connectivity index (χ2v) is 6.73. The molecule has 0 aliphatic rings. The third-order valence-corrected chi connectivity index (χ3v) is 4.95. The van der Waals surface area contributed by atoms with E-state index in [2.05, 4.69) is 5.32 Å². The maximum atomic E-state index is 12.0. The lowest BCUT2D eigenvalue weighted by molar-refractivity contribution is -0.119. The smallest absolute Gasteiger partial charge is 0.348 e. The lowest BCUT2D eigenvalue weighted by Crippen LogP contribution is -2.21. The van der Waals surface area contributed by atoms with Gasteiger partial charge in [-0.1, -0.05) is 24.6 Å². The van der Waals surface area contributed by atoms with Crippen LogP contribution in [0.25, 0.3) is 0 Å². The van der Waals surface area contributed by atoms with Crippen LogP contribution in [-0.2, 0) is 16.0 Å². The molecule has 4 nitrogen and oxygen atoms in total. The number of anilines is 1. The minimum absolute atomic E-state index is 0.330. The molecule has 1 N–H and O–H groups in total. The zero-order valence-corrected chi connectivity index (χ0v) is 14.8. The van der Waals surface area contributed by atoms with Crippen molar-refractivity contribution in [2.45, 2.75) is 27.2 Å². The van der Waals surface area contributed by atoms with Crippen LogP contribution in [0.2, 0.25) is 5.02 Å². The molecule has 1 aromatic carbocycles. The summed E-state index contributed by atoms with van der Waals surface area (Å²) in [5, 5.41) is 3.22. The van der Waals surface area contributed by atoms with E-state index in [-0.39, 0.29) is 6.61 Å². The molecule has 0 radical (unpaired) electrons. The third kappa shape index (κ3) is 4.56. The van der Waals surface area contributed by atoms with Crippen LogP contribution < -0.4 is 5.32 Å². The number of benzene rings is 1. The van der Waals surface area contributed by atoms with Crippen LogP contribution in [-0.4, -0.2) is 18.5 Å². The molecule has 0 bridgehead atoms. The molecule has 6 heteroatoms. The molecule has 0 spiro atoms. The van der Waals surface area contributed by atoms with Crippen molar-refractivity contribution in [1.82, 2.24) is 0 Å². The summed E-state index contributed by atoms with van der Waals surface area (Å²) in [5.74, 6) is -0.872. The molecule has 1 amide bonds. The fraction of sp³-hybridized carbons (Fsp3) is 0.294. The van der Waals surface area contributed by atoms with E-state index in [9.17, 15) is 9.59 Å². The van der Waals surface area contributed by atoms with Gasteiger partial charge in [0, 0.05) is 15.6 Å². The highest BCUT2D eigenvalue weighted by Crippen LogP contribution is 2.23. The first kappa shape index (κ1) is 17.5. The van der Waals surface area contributed by atoms with Gasteiger partial charge in [-0.15, -0.1) is 11.3 Å². The quantitative estimate of drug-likeness (QED) is 0.813. The molecule has 0 aliphatic carbocycles. The lowest BCUT2D eigenvalue weighted by atomic mass is 10.2. The number of hydrogen-bond donors (Lipinski definition) is 1. The van der Waals surface area contributed by atoms with Gasteiger partial charge in [-0.05, 0) is 49.6 Å². The molecule has 0 saturated carbocycles. The molecule has 0 unspecified atom stereocenters. The van der Waals surface area contributed by atoms with Crippen LogP contribution >= 0.6 is 22.9 Å². The van der Waals surface area contributed by atoms with E-state index in [1.165, 1.54) is 11.3 Å². The zero-order chi connectivity index (χ0) is 17.0. The van der Waals surface area contributed by atoms with Gasteiger partial charge in [0.2, 0.25) is 0 Å². The van der Waals surface area contributed by atoms with Crippen LogP contribution in [0.4, 0.5) is 5.69 Å². The Hall–Kier alpha value is -1.85. The second-order valence-electron chi connectivity index (χ2n) is 5.15. The van der Waals surface area contributed by atoms with Crippen molar-refractivity contribution < 1.29 is 14.3 Å². The number of halogens is 1. The van der Waals surface area contributed by atoms with Crippen molar-refractivity contribution in [3.8, 4) is 0 Å². The van der Waals surface area contributed by atoms with E-state index in [0.717, 1.165) is 22.4 Å². The monoisotopic (exact) mass is 351 g/mol. The Labute approximate surface area is 144 Å². The zero-order valence-electron chi connectivity index (χ0n) is 13.2. The van der Waals surface area contributed by atoms with E-state index >= 15 is 0 Å². The van der Waals surface area contributed by atoms with E-state index < -0.39 is 11.9 Å². The summed E-state index contributed by atoms with van der Waals surface area (Å²) >= 11 is 7.31. The van der Waals surface area contributed by atoms with Crippen molar-refractivity contribution in [3.63, 3.8) is 0 Å². The van der Waals surface area contributed by atoms with Gasteiger partial charge in [-0.3, -0.25) is 4.79 Å². The average Bonchev–Trinajstić information content (AvgIpc) is 2.89.